The van der Waals surface area contributed by atoms with E-state index in [0.717, 1.165) is 0 Å². The molecule has 0 saturated heterocycles. The second-order valence-corrected chi connectivity index (χ2v) is 4.85. The molecule has 2 rings (SSSR count). The number of aromatic nitrogens is 1. The standard InChI is InChI=1S/C15H18N2O4/c1-10(18)12-13(11-5-3-6-16-9-11)17(7-4-8-21-2)15(20)14(12)19/h3,5-6,9,13,19H,4,7-8H2,1-2H3. The van der Waals surface area contributed by atoms with Gasteiger partial charge in [0.05, 0.1) is 11.6 Å². The molecule has 0 radical (unpaired) electrons. The number of hydrogen-bond donors (Lipinski definition) is 1. The molecule has 0 fully saturated rings. The summed E-state index contributed by atoms with van der Waals surface area (Å²) in [6.07, 6.45) is 3.84. The minimum atomic E-state index is -0.583. The SMILES string of the molecule is COCCCN1C(=O)C(O)=C(C(C)=O)C1c1cccnc1. The third kappa shape index (κ3) is 2.95. The lowest BCUT2D eigenvalue weighted by Gasteiger charge is -2.26. The molecule has 0 aliphatic carbocycles. The van der Waals surface area contributed by atoms with Crippen LogP contribution < -0.4 is 0 Å². The van der Waals surface area contributed by atoms with Crippen LogP contribution in [0.5, 0.6) is 0 Å². The summed E-state index contributed by atoms with van der Waals surface area (Å²) in [5.41, 5.74) is 0.836. The molecule has 0 bridgehead atoms. The Morgan fingerprint density at radius 3 is 2.86 bits per heavy atom. The zero-order valence-corrected chi connectivity index (χ0v) is 12.1. The molecule has 112 valence electrons. The summed E-state index contributed by atoms with van der Waals surface area (Å²) in [6, 6.07) is 2.94. The molecule has 0 spiro atoms. The van der Waals surface area contributed by atoms with E-state index in [1.165, 1.54) is 11.8 Å². The number of methoxy groups -OCH3 is 1. The Hall–Kier alpha value is -2.21. The van der Waals surface area contributed by atoms with Crippen molar-refractivity contribution in [2.24, 2.45) is 0 Å². The van der Waals surface area contributed by atoms with Gasteiger partial charge in [-0.2, -0.15) is 0 Å². The van der Waals surface area contributed by atoms with Gasteiger partial charge in [0, 0.05) is 32.7 Å². The van der Waals surface area contributed by atoms with E-state index in [0.29, 0.717) is 25.1 Å². The highest BCUT2D eigenvalue weighted by Crippen LogP contribution is 2.37. The zero-order chi connectivity index (χ0) is 15.4. The number of carbonyl (C=O) groups is 2. The smallest absolute Gasteiger partial charge is 0.290 e. The number of nitrogens with zero attached hydrogens (tertiary/aromatic N) is 2. The first kappa shape index (κ1) is 15.2. The summed E-state index contributed by atoms with van der Waals surface area (Å²) in [5, 5.41) is 10.0. The Labute approximate surface area is 123 Å². The lowest BCUT2D eigenvalue weighted by atomic mass is 9.98. The Morgan fingerprint density at radius 2 is 2.29 bits per heavy atom. The van der Waals surface area contributed by atoms with Gasteiger partial charge in [0.1, 0.15) is 0 Å². The number of aliphatic hydroxyl groups excluding tert-OH is 1. The highest BCUT2D eigenvalue weighted by molar-refractivity contribution is 6.08. The Bertz CT molecular complexity index is 568. The first-order valence-corrected chi connectivity index (χ1v) is 6.71. The largest absolute Gasteiger partial charge is 0.503 e. The zero-order valence-electron chi connectivity index (χ0n) is 12.1. The molecule has 1 N–H and O–H groups in total. The fraction of sp³-hybridized carbons (Fsp3) is 0.400. The molecular formula is C15H18N2O4. The van der Waals surface area contributed by atoms with Crippen LogP contribution in [0.1, 0.15) is 24.9 Å². The van der Waals surface area contributed by atoms with Gasteiger partial charge in [-0.1, -0.05) is 6.07 Å². The number of rotatable bonds is 6. The maximum atomic E-state index is 12.2. The number of aliphatic hydroxyl groups is 1. The molecule has 0 aromatic carbocycles. The van der Waals surface area contributed by atoms with Crippen LogP contribution in [0.15, 0.2) is 35.9 Å². The highest BCUT2D eigenvalue weighted by atomic mass is 16.5. The van der Waals surface area contributed by atoms with Crippen molar-refractivity contribution in [1.29, 1.82) is 0 Å². The topological polar surface area (TPSA) is 79.7 Å². The van der Waals surface area contributed by atoms with Crippen molar-refractivity contribution in [3.63, 3.8) is 0 Å². The molecule has 6 heteroatoms. The van der Waals surface area contributed by atoms with Crippen LogP contribution in [0.4, 0.5) is 0 Å². The third-order valence-corrected chi connectivity index (χ3v) is 3.43. The molecule has 21 heavy (non-hydrogen) atoms. The van der Waals surface area contributed by atoms with E-state index in [2.05, 4.69) is 4.98 Å². The van der Waals surface area contributed by atoms with Crippen molar-refractivity contribution in [3.05, 3.63) is 41.4 Å². The maximum absolute atomic E-state index is 12.2. The normalized spacial score (nSPS) is 18.5. The van der Waals surface area contributed by atoms with Gasteiger partial charge in [-0.3, -0.25) is 14.6 Å². The summed E-state index contributed by atoms with van der Waals surface area (Å²) >= 11 is 0. The van der Waals surface area contributed by atoms with Crippen LogP contribution in [0.2, 0.25) is 0 Å². The quantitative estimate of drug-likeness (QED) is 0.801. The van der Waals surface area contributed by atoms with E-state index in [9.17, 15) is 14.7 Å². The molecule has 2 heterocycles. The predicted molar refractivity (Wildman–Crippen MR) is 75.5 cm³/mol. The number of hydrogen-bond acceptors (Lipinski definition) is 5. The van der Waals surface area contributed by atoms with E-state index >= 15 is 0 Å². The lowest BCUT2D eigenvalue weighted by Crippen LogP contribution is -2.32. The minimum Gasteiger partial charge on any atom is -0.503 e. The average Bonchev–Trinajstić information content (AvgIpc) is 2.73. The summed E-state index contributed by atoms with van der Waals surface area (Å²) < 4.78 is 4.99. The fourth-order valence-corrected chi connectivity index (χ4v) is 2.51. The summed E-state index contributed by atoms with van der Waals surface area (Å²) in [4.78, 5) is 29.5. The van der Waals surface area contributed by atoms with Crippen molar-refractivity contribution < 1.29 is 19.4 Å². The second-order valence-electron chi connectivity index (χ2n) is 4.85. The van der Waals surface area contributed by atoms with Crippen LogP contribution in [0, 0.1) is 0 Å². The number of ether oxygens (including phenoxy) is 1. The number of amides is 1. The summed E-state index contributed by atoms with van der Waals surface area (Å²) in [5.74, 6) is -1.30. The molecule has 1 atom stereocenters. The Balaban J connectivity index is 2.37. The van der Waals surface area contributed by atoms with E-state index in [4.69, 9.17) is 4.74 Å². The summed E-state index contributed by atoms with van der Waals surface area (Å²) in [7, 11) is 1.58. The van der Waals surface area contributed by atoms with Gasteiger partial charge in [-0.05, 0) is 25.0 Å². The lowest BCUT2D eigenvalue weighted by molar-refractivity contribution is -0.129. The van der Waals surface area contributed by atoms with Gasteiger partial charge in [-0.15, -0.1) is 0 Å². The van der Waals surface area contributed by atoms with Gasteiger partial charge in [0.15, 0.2) is 11.5 Å². The molecule has 1 aliphatic heterocycles. The number of carbonyl (C=O) groups excluding carboxylic acids is 2. The fourth-order valence-electron chi connectivity index (χ4n) is 2.51. The number of pyridine rings is 1. The Morgan fingerprint density at radius 1 is 1.52 bits per heavy atom. The van der Waals surface area contributed by atoms with E-state index < -0.39 is 17.7 Å². The first-order valence-electron chi connectivity index (χ1n) is 6.71. The van der Waals surface area contributed by atoms with Crippen molar-refractivity contribution in [2.75, 3.05) is 20.3 Å². The Kier molecular flexibility index (Phi) is 4.70. The maximum Gasteiger partial charge on any atom is 0.290 e. The van der Waals surface area contributed by atoms with Crippen molar-refractivity contribution in [2.45, 2.75) is 19.4 Å². The molecule has 1 aliphatic rings. The molecule has 1 aromatic heterocycles. The monoisotopic (exact) mass is 290 g/mol. The predicted octanol–water partition coefficient (Wildman–Crippen LogP) is 1.40. The summed E-state index contributed by atoms with van der Waals surface area (Å²) in [6.45, 7) is 2.24. The van der Waals surface area contributed by atoms with E-state index in [1.54, 1.807) is 31.6 Å². The number of ketones is 1. The van der Waals surface area contributed by atoms with Crippen LogP contribution in [0.3, 0.4) is 0 Å². The molecule has 6 nitrogen and oxygen atoms in total. The minimum absolute atomic E-state index is 0.130. The molecule has 1 unspecified atom stereocenters. The van der Waals surface area contributed by atoms with Crippen LogP contribution in [0.25, 0.3) is 0 Å². The van der Waals surface area contributed by atoms with Crippen molar-refractivity contribution >= 4 is 11.7 Å². The van der Waals surface area contributed by atoms with Gasteiger partial charge < -0.3 is 14.7 Å². The van der Waals surface area contributed by atoms with Gasteiger partial charge in [0.2, 0.25) is 0 Å². The van der Waals surface area contributed by atoms with E-state index in [-0.39, 0.29) is 11.4 Å². The van der Waals surface area contributed by atoms with Gasteiger partial charge in [0.25, 0.3) is 5.91 Å². The van der Waals surface area contributed by atoms with Gasteiger partial charge >= 0.3 is 0 Å². The first-order chi connectivity index (χ1) is 10.1. The molecule has 0 saturated carbocycles. The van der Waals surface area contributed by atoms with Gasteiger partial charge in [-0.25, -0.2) is 0 Å². The molecular weight excluding hydrogens is 272 g/mol. The van der Waals surface area contributed by atoms with Crippen molar-refractivity contribution in [3.8, 4) is 0 Å². The van der Waals surface area contributed by atoms with Crippen LogP contribution in [-0.2, 0) is 14.3 Å². The second kappa shape index (κ2) is 6.49. The average molecular weight is 290 g/mol. The van der Waals surface area contributed by atoms with Crippen LogP contribution in [-0.4, -0.2) is 46.9 Å². The molecule has 1 aromatic rings. The molecule has 1 amide bonds. The number of Topliss-reactive ketones (excluding diaryl/α,β-unsaturated/α-hetero) is 1. The van der Waals surface area contributed by atoms with Crippen LogP contribution >= 0.6 is 0 Å². The van der Waals surface area contributed by atoms with E-state index in [1.807, 2.05) is 0 Å². The highest BCUT2D eigenvalue weighted by Gasteiger charge is 2.41. The third-order valence-electron chi connectivity index (χ3n) is 3.43. The van der Waals surface area contributed by atoms with Crippen molar-refractivity contribution in [1.82, 2.24) is 9.88 Å².